The Kier molecular flexibility index (Phi) is 12.2. The lowest BCUT2D eigenvalue weighted by atomic mass is 9.97. The zero-order valence-corrected chi connectivity index (χ0v) is 31.5. The molecule has 0 bridgehead atoms. The molecule has 274 valence electrons. The molecule has 0 saturated carbocycles. The maximum atomic E-state index is 12.4. The van der Waals surface area contributed by atoms with Gasteiger partial charge in [0.15, 0.2) is 26.2 Å². The van der Waals surface area contributed by atoms with E-state index in [9.17, 15) is 9.90 Å². The SMILES string of the molecule is Cc1ccccc1[S+](c1ccccc1)c1ccccc1.O=C([O-])c1cc(Oc2ccccc2)c(Oc2ccccc2)c(Oc2ccccc2)c1-c1ccccc1. The van der Waals surface area contributed by atoms with Gasteiger partial charge in [0.05, 0.1) is 16.9 Å². The molecule has 8 aromatic carbocycles. The van der Waals surface area contributed by atoms with Crippen LogP contribution in [0.2, 0.25) is 0 Å². The van der Waals surface area contributed by atoms with Crippen LogP contribution >= 0.6 is 0 Å². The normalized spacial score (nSPS) is 10.5. The number of aromatic carboxylic acids is 1. The van der Waals surface area contributed by atoms with Crippen molar-refractivity contribution in [2.75, 3.05) is 0 Å². The lowest BCUT2D eigenvalue weighted by Gasteiger charge is -2.23. The first-order valence-corrected chi connectivity index (χ1v) is 19.3. The van der Waals surface area contributed by atoms with Crippen LogP contribution in [0.1, 0.15) is 15.9 Å². The third kappa shape index (κ3) is 9.19. The average Bonchev–Trinajstić information content (AvgIpc) is 3.25. The zero-order chi connectivity index (χ0) is 38.5. The van der Waals surface area contributed by atoms with Crippen LogP contribution in [0.4, 0.5) is 0 Å². The van der Waals surface area contributed by atoms with Crippen molar-refractivity contribution in [2.45, 2.75) is 21.6 Å². The average molecular weight is 751 g/mol. The highest BCUT2D eigenvalue weighted by atomic mass is 32.2. The van der Waals surface area contributed by atoms with Gasteiger partial charge in [-0.05, 0) is 85.3 Å². The van der Waals surface area contributed by atoms with Gasteiger partial charge in [0.2, 0.25) is 5.75 Å². The van der Waals surface area contributed by atoms with Crippen LogP contribution in [0.25, 0.3) is 11.1 Å². The van der Waals surface area contributed by atoms with E-state index in [1.807, 2.05) is 84.9 Å². The number of carbonyl (C=O) groups is 1. The van der Waals surface area contributed by atoms with Gasteiger partial charge >= 0.3 is 0 Å². The second kappa shape index (κ2) is 18.3. The quantitative estimate of drug-likeness (QED) is 0.123. The molecule has 8 rings (SSSR count). The van der Waals surface area contributed by atoms with E-state index in [-0.39, 0.29) is 33.7 Å². The molecular weight excluding hydrogens is 713 g/mol. The van der Waals surface area contributed by atoms with Crippen molar-refractivity contribution >= 4 is 16.9 Å². The van der Waals surface area contributed by atoms with E-state index in [2.05, 4.69) is 91.9 Å². The molecule has 0 fully saturated rings. The minimum absolute atomic E-state index is 0.0262. The van der Waals surface area contributed by atoms with E-state index in [0.717, 1.165) is 0 Å². The van der Waals surface area contributed by atoms with Crippen LogP contribution in [0, 0.1) is 6.92 Å². The zero-order valence-electron chi connectivity index (χ0n) is 30.7. The Labute approximate surface area is 330 Å². The van der Waals surface area contributed by atoms with Crippen LogP contribution in [0.15, 0.2) is 227 Å². The number of benzene rings is 8. The van der Waals surface area contributed by atoms with E-state index in [1.165, 1.54) is 26.3 Å². The lowest BCUT2D eigenvalue weighted by molar-refractivity contribution is -0.255. The summed E-state index contributed by atoms with van der Waals surface area (Å²) in [4.78, 5) is 16.6. The molecule has 5 nitrogen and oxygen atoms in total. The van der Waals surface area contributed by atoms with Crippen molar-refractivity contribution < 1.29 is 24.1 Å². The third-order valence-electron chi connectivity index (χ3n) is 8.65. The Balaban J connectivity index is 0.000000202. The molecular formula is C50H38O5S. The first kappa shape index (κ1) is 37.3. The van der Waals surface area contributed by atoms with E-state index in [0.29, 0.717) is 28.4 Å². The Bertz CT molecular complexity index is 2420. The number of para-hydroxylation sites is 3. The fourth-order valence-corrected chi connectivity index (χ4v) is 8.30. The number of hydrogen-bond donors (Lipinski definition) is 0. The second-order valence-electron chi connectivity index (χ2n) is 12.6. The molecule has 0 N–H and O–H groups in total. The summed E-state index contributed by atoms with van der Waals surface area (Å²) in [5.74, 6) is 0.799. The predicted octanol–water partition coefficient (Wildman–Crippen LogP) is 12.2. The molecule has 0 aliphatic heterocycles. The van der Waals surface area contributed by atoms with Crippen molar-refractivity contribution in [1.29, 1.82) is 0 Å². The van der Waals surface area contributed by atoms with E-state index < -0.39 is 5.97 Å². The van der Waals surface area contributed by atoms with Gasteiger partial charge in [-0.25, -0.2) is 0 Å². The number of aryl methyl sites for hydroxylation is 1. The number of carbonyl (C=O) groups excluding carboxylic acids is 1. The Morgan fingerprint density at radius 2 is 0.857 bits per heavy atom. The smallest absolute Gasteiger partial charge is 0.213 e. The van der Waals surface area contributed by atoms with Crippen molar-refractivity contribution in [3.8, 4) is 45.6 Å². The molecule has 0 aliphatic rings. The Hall–Kier alpha value is -7.02. The minimum atomic E-state index is -1.36. The van der Waals surface area contributed by atoms with E-state index in [1.54, 1.807) is 36.4 Å². The monoisotopic (exact) mass is 750 g/mol. The number of ether oxygens (including phenoxy) is 3. The Morgan fingerprint density at radius 1 is 0.464 bits per heavy atom. The molecule has 0 heterocycles. The van der Waals surface area contributed by atoms with Gasteiger partial charge < -0.3 is 24.1 Å². The maximum Gasteiger partial charge on any atom is 0.213 e. The summed E-state index contributed by atoms with van der Waals surface area (Å²) in [6, 6.07) is 68.1. The van der Waals surface area contributed by atoms with Crippen molar-refractivity contribution in [1.82, 2.24) is 0 Å². The summed E-state index contributed by atoms with van der Waals surface area (Å²) in [7, 11) is -0.0262. The van der Waals surface area contributed by atoms with Crippen LogP contribution in [-0.2, 0) is 10.9 Å². The third-order valence-corrected chi connectivity index (χ3v) is 11.0. The summed E-state index contributed by atoms with van der Waals surface area (Å²) >= 11 is 0. The molecule has 0 unspecified atom stereocenters. The highest BCUT2D eigenvalue weighted by molar-refractivity contribution is 7.97. The fraction of sp³-hybridized carbons (Fsp3) is 0.0200. The van der Waals surface area contributed by atoms with E-state index in [4.69, 9.17) is 14.2 Å². The van der Waals surface area contributed by atoms with Gasteiger partial charge in [-0.15, -0.1) is 0 Å². The molecule has 0 saturated heterocycles. The van der Waals surface area contributed by atoms with Gasteiger partial charge in [0.25, 0.3) is 0 Å². The van der Waals surface area contributed by atoms with Gasteiger partial charge in [-0.2, -0.15) is 0 Å². The molecule has 0 aromatic heterocycles. The van der Waals surface area contributed by atoms with Crippen molar-refractivity contribution in [3.05, 3.63) is 223 Å². The molecule has 0 radical (unpaired) electrons. The molecule has 0 aliphatic carbocycles. The topological polar surface area (TPSA) is 67.8 Å². The Morgan fingerprint density at radius 3 is 1.32 bits per heavy atom. The van der Waals surface area contributed by atoms with Gasteiger partial charge in [0.1, 0.15) is 17.2 Å². The standard InChI is InChI=1S/C31H22O5.C19H17S/c32-31(33)26-21-27(34-23-15-7-2-8-16-23)29(35-24-17-9-3-10-18-24)30(36-25-19-11-4-12-20-25)28(26)22-13-5-1-6-14-22;1-16-10-8-9-15-19(16)20(17-11-4-2-5-12-17)18-13-6-3-7-14-18/h1-21H,(H,32,33);2-15H,1H3/q;+1/p-1. The minimum Gasteiger partial charge on any atom is -0.545 e. The van der Waals surface area contributed by atoms with Crippen molar-refractivity contribution in [3.63, 3.8) is 0 Å². The van der Waals surface area contributed by atoms with Gasteiger partial charge in [-0.1, -0.05) is 140 Å². The molecule has 56 heavy (non-hydrogen) atoms. The first-order chi connectivity index (χ1) is 27.5. The van der Waals surface area contributed by atoms with E-state index >= 15 is 0 Å². The van der Waals surface area contributed by atoms with Crippen LogP contribution < -0.4 is 19.3 Å². The summed E-state index contributed by atoms with van der Waals surface area (Å²) in [5.41, 5.74) is 2.22. The summed E-state index contributed by atoms with van der Waals surface area (Å²) < 4.78 is 18.8. The summed E-state index contributed by atoms with van der Waals surface area (Å²) in [6.45, 7) is 2.20. The molecule has 8 aromatic rings. The van der Waals surface area contributed by atoms with Crippen LogP contribution in [0.3, 0.4) is 0 Å². The van der Waals surface area contributed by atoms with Crippen LogP contribution in [0.5, 0.6) is 34.5 Å². The van der Waals surface area contributed by atoms with Crippen LogP contribution in [-0.4, -0.2) is 5.97 Å². The largest absolute Gasteiger partial charge is 0.545 e. The molecule has 6 heteroatoms. The first-order valence-electron chi connectivity index (χ1n) is 18.1. The highest BCUT2D eigenvalue weighted by Crippen LogP contribution is 2.51. The number of hydrogen-bond acceptors (Lipinski definition) is 5. The van der Waals surface area contributed by atoms with Crippen molar-refractivity contribution in [2.24, 2.45) is 0 Å². The second-order valence-corrected chi connectivity index (χ2v) is 14.5. The number of carboxylic acids is 1. The number of rotatable bonds is 11. The molecule has 0 amide bonds. The van der Waals surface area contributed by atoms with Gasteiger partial charge in [-0.3, -0.25) is 0 Å². The predicted molar refractivity (Wildman–Crippen MR) is 222 cm³/mol. The number of carboxylic acid groups (broad SMARTS) is 1. The highest BCUT2D eigenvalue weighted by Gasteiger charge is 2.29. The maximum absolute atomic E-state index is 12.4. The summed E-state index contributed by atoms with van der Waals surface area (Å²) in [5, 5.41) is 12.4. The fourth-order valence-electron chi connectivity index (χ4n) is 6.06. The molecule has 0 atom stereocenters. The lowest BCUT2D eigenvalue weighted by Crippen LogP contribution is -2.23. The molecule has 0 spiro atoms. The van der Waals surface area contributed by atoms with Gasteiger partial charge in [0, 0.05) is 16.7 Å². The summed E-state index contributed by atoms with van der Waals surface area (Å²) in [6.07, 6.45) is 0.